The van der Waals surface area contributed by atoms with Crippen LogP contribution in [0.25, 0.3) is 6.08 Å². The summed E-state index contributed by atoms with van der Waals surface area (Å²) in [6.07, 6.45) is -1.75. The van der Waals surface area contributed by atoms with E-state index in [-0.39, 0.29) is 11.6 Å². The number of esters is 1. The predicted molar refractivity (Wildman–Crippen MR) is 108 cm³/mol. The Morgan fingerprint density at radius 2 is 1.77 bits per heavy atom. The minimum atomic E-state index is -4.46. The lowest BCUT2D eigenvalue weighted by molar-refractivity contribution is -0.150. The zero-order valence-corrected chi connectivity index (χ0v) is 16.8. The van der Waals surface area contributed by atoms with E-state index in [1.54, 1.807) is 0 Å². The Hall–Kier alpha value is -3.09. The number of rotatable bonds is 8. The van der Waals surface area contributed by atoms with E-state index < -0.39 is 29.7 Å². The minimum Gasteiger partial charge on any atom is -0.449 e. The molecule has 0 unspecified atom stereocenters. The van der Waals surface area contributed by atoms with Crippen LogP contribution in [0.1, 0.15) is 37.0 Å². The van der Waals surface area contributed by atoms with Gasteiger partial charge in [0.25, 0.3) is 5.91 Å². The molecule has 0 radical (unpaired) electrons. The first-order valence-electron chi connectivity index (χ1n) is 9.55. The van der Waals surface area contributed by atoms with Gasteiger partial charge in [0.1, 0.15) is 0 Å². The van der Waals surface area contributed by atoms with Gasteiger partial charge in [-0.25, -0.2) is 4.79 Å². The first kappa shape index (κ1) is 23.2. The Kier molecular flexibility index (Phi) is 8.21. The molecule has 0 aliphatic rings. The molecule has 2 atom stereocenters. The zero-order chi connectivity index (χ0) is 22.1. The molecule has 2 aromatic rings. The van der Waals surface area contributed by atoms with E-state index >= 15 is 0 Å². The second-order valence-electron chi connectivity index (χ2n) is 6.97. The van der Waals surface area contributed by atoms with Crippen LogP contribution in [0, 0.1) is 0 Å². The van der Waals surface area contributed by atoms with Crippen LogP contribution < -0.4 is 5.32 Å². The summed E-state index contributed by atoms with van der Waals surface area (Å²) in [6.45, 7) is 3.30. The van der Waals surface area contributed by atoms with Gasteiger partial charge in [0.2, 0.25) is 0 Å². The molecule has 0 bridgehead atoms. The summed E-state index contributed by atoms with van der Waals surface area (Å²) in [5.41, 5.74) is 0.557. The number of alkyl halides is 3. The third-order valence-corrected chi connectivity index (χ3v) is 4.39. The number of hydrogen-bond acceptors (Lipinski definition) is 3. The summed E-state index contributed by atoms with van der Waals surface area (Å²) >= 11 is 0. The Morgan fingerprint density at radius 1 is 1.07 bits per heavy atom. The van der Waals surface area contributed by atoms with Crippen molar-refractivity contribution < 1.29 is 27.5 Å². The molecule has 0 heterocycles. The molecule has 160 valence electrons. The second-order valence-corrected chi connectivity index (χ2v) is 6.97. The summed E-state index contributed by atoms with van der Waals surface area (Å²) in [6, 6.07) is 14.3. The lowest BCUT2D eigenvalue weighted by Gasteiger charge is -2.17. The van der Waals surface area contributed by atoms with Crippen molar-refractivity contribution in [3.05, 3.63) is 77.4 Å². The van der Waals surface area contributed by atoms with E-state index in [9.17, 15) is 22.8 Å². The molecule has 0 saturated heterocycles. The maximum Gasteiger partial charge on any atom is 0.416 e. The molecule has 0 fully saturated rings. The average Bonchev–Trinajstić information content (AvgIpc) is 2.71. The van der Waals surface area contributed by atoms with Crippen LogP contribution in [0.15, 0.2) is 60.7 Å². The first-order chi connectivity index (χ1) is 14.1. The van der Waals surface area contributed by atoms with Crippen molar-refractivity contribution >= 4 is 18.0 Å². The quantitative estimate of drug-likeness (QED) is 0.495. The molecule has 0 spiro atoms. The van der Waals surface area contributed by atoms with Crippen LogP contribution in [0.3, 0.4) is 0 Å². The van der Waals surface area contributed by atoms with E-state index in [4.69, 9.17) is 4.74 Å². The molecule has 4 nitrogen and oxygen atoms in total. The van der Waals surface area contributed by atoms with Gasteiger partial charge in [-0.2, -0.15) is 13.2 Å². The molecule has 0 aliphatic heterocycles. The van der Waals surface area contributed by atoms with Gasteiger partial charge in [0.05, 0.1) is 5.56 Å². The molecule has 0 aliphatic carbocycles. The van der Waals surface area contributed by atoms with Gasteiger partial charge < -0.3 is 10.1 Å². The van der Waals surface area contributed by atoms with Crippen molar-refractivity contribution in [2.24, 2.45) is 0 Å². The van der Waals surface area contributed by atoms with Crippen LogP contribution in [0.4, 0.5) is 13.2 Å². The molecule has 2 aromatic carbocycles. The summed E-state index contributed by atoms with van der Waals surface area (Å²) in [4.78, 5) is 24.1. The van der Waals surface area contributed by atoms with Crippen molar-refractivity contribution in [1.82, 2.24) is 5.32 Å². The minimum absolute atomic E-state index is 0.112. The fraction of sp³-hybridized carbons (Fsp3) is 0.304. The Morgan fingerprint density at radius 3 is 2.43 bits per heavy atom. The van der Waals surface area contributed by atoms with Crippen molar-refractivity contribution in [3.8, 4) is 0 Å². The summed E-state index contributed by atoms with van der Waals surface area (Å²) in [5.74, 6) is -1.25. The highest BCUT2D eigenvalue weighted by atomic mass is 19.4. The molecule has 1 amide bonds. The van der Waals surface area contributed by atoms with Crippen molar-refractivity contribution in [2.45, 2.75) is 45.0 Å². The van der Waals surface area contributed by atoms with E-state index in [2.05, 4.69) is 5.32 Å². The van der Waals surface area contributed by atoms with Gasteiger partial charge in [0, 0.05) is 12.1 Å². The van der Waals surface area contributed by atoms with Crippen LogP contribution in [0.5, 0.6) is 0 Å². The largest absolute Gasteiger partial charge is 0.449 e. The Bertz CT molecular complexity index is 879. The number of carbonyl (C=O) groups excluding carboxylic acids is 2. The molecule has 7 heteroatoms. The van der Waals surface area contributed by atoms with Gasteiger partial charge in [-0.15, -0.1) is 0 Å². The van der Waals surface area contributed by atoms with Gasteiger partial charge in [-0.05, 0) is 56.0 Å². The fourth-order valence-electron chi connectivity index (χ4n) is 2.71. The predicted octanol–water partition coefficient (Wildman–Crippen LogP) is 4.79. The summed E-state index contributed by atoms with van der Waals surface area (Å²) < 4.78 is 43.2. The smallest absolute Gasteiger partial charge is 0.416 e. The van der Waals surface area contributed by atoms with E-state index in [1.165, 1.54) is 25.1 Å². The highest BCUT2D eigenvalue weighted by molar-refractivity contribution is 5.90. The number of ether oxygens (including phenoxy) is 1. The maximum absolute atomic E-state index is 12.7. The monoisotopic (exact) mass is 419 g/mol. The molecular weight excluding hydrogens is 395 g/mol. The maximum atomic E-state index is 12.7. The SMILES string of the molecule is C[C@@H](CCc1ccccc1)NC(=O)[C@@H](C)OC(=O)/C=C/c1cccc(C(F)(F)F)c1. The number of nitrogens with one attached hydrogen (secondary N) is 1. The lowest BCUT2D eigenvalue weighted by Crippen LogP contribution is -2.40. The molecule has 2 rings (SSSR count). The van der Waals surface area contributed by atoms with Crippen molar-refractivity contribution in [3.63, 3.8) is 0 Å². The van der Waals surface area contributed by atoms with E-state index in [1.807, 2.05) is 37.3 Å². The number of hydrogen-bond donors (Lipinski definition) is 1. The zero-order valence-electron chi connectivity index (χ0n) is 16.8. The Balaban J connectivity index is 1.81. The van der Waals surface area contributed by atoms with Crippen LogP contribution in [-0.2, 0) is 26.9 Å². The molecule has 30 heavy (non-hydrogen) atoms. The molecule has 0 saturated carbocycles. The normalized spacial score (nSPS) is 13.6. The lowest BCUT2D eigenvalue weighted by atomic mass is 10.1. The van der Waals surface area contributed by atoms with Gasteiger partial charge in [-0.3, -0.25) is 4.79 Å². The number of amides is 1. The number of benzene rings is 2. The van der Waals surface area contributed by atoms with Gasteiger partial charge >= 0.3 is 12.1 Å². The Labute approximate surface area is 173 Å². The van der Waals surface area contributed by atoms with Crippen LogP contribution in [0.2, 0.25) is 0 Å². The number of carbonyl (C=O) groups is 2. The number of halogens is 3. The van der Waals surface area contributed by atoms with Crippen LogP contribution in [-0.4, -0.2) is 24.0 Å². The third-order valence-electron chi connectivity index (χ3n) is 4.39. The molecule has 1 N–H and O–H groups in total. The van der Waals surface area contributed by atoms with Gasteiger partial charge in [0.15, 0.2) is 6.10 Å². The fourth-order valence-corrected chi connectivity index (χ4v) is 2.71. The number of aryl methyl sites for hydroxylation is 1. The van der Waals surface area contributed by atoms with Gasteiger partial charge in [-0.1, -0.05) is 42.5 Å². The van der Waals surface area contributed by atoms with Crippen molar-refractivity contribution in [1.29, 1.82) is 0 Å². The highest BCUT2D eigenvalue weighted by Crippen LogP contribution is 2.29. The summed E-state index contributed by atoms with van der Waals surface area (Å²) in [5, 5.41) is 2.79. The average molecular weight is 419 g/mol. The van der Waals surface area contributed by atoms with Crippen molar-refractivity contribution in [2.75, 3.05) is 0 Å². The standard InChI is InChI=1S/C23H24F3NO3/c1-16(11-12-18-7-4-3-5-8-18)27-22(29)17(2)30-21(28)14-13-19-9-6-10-20(15-19)23(24,25)26/h3-10,13-17H,11-12H2,1-2H3,(H,27,29)/b14-13+/t16-,17+/m0/s1. The second kappa shape index (κ2) is 10.6. The molecule has 0 aromatic heterocycles. The third kappa shape index (κ3) is 7.73. The summed E-state index contributed by atoms with van der Waals surface area (Å²) in [7, 11) is 0. The van der Waals surface area contributed by atoms with E-state index in [0.717, 1.165) is 36.6 Å². The van der Waals surface area contributed by atoms with Crippen LogP contribution >= 0.6 is 0 Å². The first-order valence-corrected chi connectivity index (χ1v) is 9.55. The topological polar surface area (TPSA) is 55.4 Å². The van der Waals surface area contributed by atoms with E-state index in [0.29, 0.717) is 0 Å². The highest BCUT2D eigenvalue weighted by Gasteiger charge is 2.30. The molecular formula is C23H24F3NO3.